The van der Waals surface area contributed by atoms with Gasteiger partial charge in [0.15, 0.2) is 0 Å². The van der Waals surface area contributed by atoms with Gasteiger partial charge < -0.3 is 9.90 Å². The minimum atomic E-state index is -1.32. The van der Waals surface area contributed by atoms with E-state index in [1.807, 2.05) is 60.7 Å². The van der Waals surface area contributed by atoms with Crippen molar-refractivity contribution >= 4 is 46.3 Å². The summed E-state index contributed by atoms with van der Waals surface area (Å²) in [6.45, 7) is 0. The van der Waals surface area contributed by atoms with Crippen LogP contribution in [0.5, 0.6) is 0 Å². The summed E-state index contributed by atoms with van der Waals surface area (Å²) in [5.74, 6) is -1.72. The zero-order valence-electron chi connectivity index (χ0n) is 13.1. The average molecular weight is 368 g/mol. The molecule has 0 aliphatic carbocycles. The van der Waals surface area contributed by atoms with Gasteiger partial charge in [0.25, 0.3) is 5.91 Å². The van der Waals surface area contributed by atoms with Gasteiger partial charge in [-0.05, 0) is 23.6 Å². The molecule has 3 rings (SSSR count). The molecule has 2 aromatic carbocycles. The van der Waals surface area contributed by atoms with Crippen molar-refractivity contribution in [3.63, 3.8) is 0 Å². The molecule has 0 saturated carbocycles. The number of benzene rings is 2. The predicted octanol–water partition coefficient (Wildman–Crippen LogP) is 2.25. The van der Waals surface area contributed by atoms with Crippen LogP contribution in [-0.2, 0) is 16.0 Å². The first kappa shape index (κ1) is 17.4. The number of aliphatic carboxylic acids is 1. The number of amides is 1. The maximum atomic E-state index is 12.7. The average Bonchev–Trinajstić information content (AvgIpc) is 2.88. The van der Waals surface area contributed by atoms with E-state index in [2.05, 4.69) is 0 Å². The smallest absolute Gasteiger partial charge is 0.266 e. The van der Waals surface area contributed by atoms with Gasteiger partial charge in [-0.25, -0.2) is 0 Å². The highest BCUT2D eigenvalue weighted by Gasteiger charge is 2.37. The topological polar surface area (TPSA) is 60.4 Å². The number of carboxylic acids is 1. The number of rotatable bonds is 5. The first-order chi connectivity index (χ1) is 12.1. The van der Waals surface area contributed by atoms with E-state index in [1.54, 1.807) is 6.08 Å². The number of thiocarbonyl (C=S) groups is 1. The molecule has 1 saturated heterocycles. The van der Waals surface area contributed by atoms with E-state index in [1.165, 1.54) is 0 Å². The van der Waals surface area contributed by atoms with Crippen LogP contribution in [0.2, 0.25) is 0 Å². The van der Waals surface area contributed by atoms with Crippen molar-refractivity contribution in [2.45, 2.75) is 12.5 Å². The molecule has 1 aliphatic heterocycles. The maximum absolute atomic E-state index is 12.7. The molecule has 126 valence electrons. The monoisotopic (exact) mass is 368 g/mol. The molecule has 0 spiro atoms. The van der Waals surface area contributed by atoms with E-state index in [0.29, 0.717) is 4.91 Å². The van der Waals surface area contributed by atoms with Gasteiger partial charge in [-0.1, -0.05) is 84.6 Å². The van der Waals surface area contributed by atoms with Crippen LogP contribution < -0.4 is 5.11 Å². The van der Waals surface area contributed by atoms with Crippen molar-refractivity contribution in [1.82, 2.24) is 4.90 Å². The van der Waals surface area contributed by atoms with Gasteiger partial charge >= 0.3 is 0 Å². The highest BCUT2D eigenvalue weighted by atomic mass is 32.2. The summed E-state index contributed by atoms with van der Waals surface area (Å²) in [6.07, 6.45) is 1.86. The molecule has 0 bridgehead atoms. The van der Waals surface area contributed by atoms with Crippen molar-refractivity contribution in [2.24, 2.45) is 0 Å². The summed E-state index contributed by atoms with van der Waals surface area (Å²) in [5.41, 5.74) is 1.66. The van der Waals surface area contributed by atoms with Gasteiger partial charge in [-0.2, -0.15) is 0 Å². The van der Waals surface area contributed by atoms with Crippen LogP contribution in [-0.4, -0.2) is 27.1 Å². The summed E-state index contributed by atoms with van der Waals surface area (Å²) in [5, 5.41) is 11.7. The molecule has 1 aliphatic rings. The van der Waals surface area contributed by atoms with Crippen LogP contribution in [0.3, 0.4) is 0 Å². The summed E-state index contributed by atoms with van der Waals surface area (Å²) in [7, 11) is 0. The quantitative estimate of drug-likeness (QED) is 0.598. The fraction of sp³-hybridized carbons (Fsp3) is 0.105. The fourth-order valence-electron chi connectivity index (χ4n) is 2.57. The van der Waals surface area contributed by atoms with Crippen molar-refractivity contribution in [2.75, 3.05) is 0 Å². The lowest BCUT2D eigenvalue weighted by Gasteiger charge is -2.27. The second kappa shape index (κ2) is 7.63. The molecule has 1 amide bonds. The molecular weight excluding hydrogens is 354 g/mol. The summed E-state index contributed by atoms with van der Waals surface area (Å²) < 4.78 is 0.234. The lowest BCUT2D eigenvalue weighted by atomic mass is 10.0. The van der Waals surface area contributed by atoms with Gasteiger partial charge in [-0.15, -0.1) is 0 Å². The van der Waals surface area contributed by atoms with E-state index in [4.69, 9.17) is 12.2 Å². The predicted molar refractivity (Wildman–Crippen MR) is 100 cm³/mol. The van der Waals surface area contributed by atoms with Crippen molar-refractivity contribution < 1.29 is 14.7 Å². The maximum Gasteiger partial charge on any atom is 0.266 e. The zero-order chi connectivity index (χ0) is 17.8. The largest absolute Gasteiger partial charge is 0.548 e. The first-order valence-corrected chi connectivity index (χ1v) is 8.85. The Morgan fingerprint density at radius 3 is 2.32 bits per heavy atom. The number of hydrogen-bond acceptors (Lipinski definition) is 5. The number of carbonyl (C=O) groups is 2. The van der Waals surface area contributed by atoms with Crippen LogP contribution in [0.25, 0.3) is 6.08 Å². The third kappa shape index (κ3) is 3.97. The second-order valence-corrected chi connectivity index (χ2v) is 7.16. The van der Waals surface area contributed by atoms with E-state index in [-0.39, 0.29) is 10.7 Å². The van der Waals surface area contributed by atoms with Gasteiger partial charge in [0.1, 0.15) is 4.32 Å². The lowest BCUT2D eigenvalue weighted by molar-refractivity contribution is -0.310. The van der Waals surface area contributed by atoms with Crippen molar-refractivity contribution in [1.29, 1.82) is 0 Å². The molecule has 4 nitrogen and oxygen atoms in total. The molecule has 1 heterocycles. The Kier molecular flexibility index (Phi) is 5.31. The Balaban J connectivity index is 1.87. The number of nitrogens with zero attached hydrogens (tertiary/aromatic N) is 1. The molecule has 0 unspecified atom stereocenters. The molecule has 2 aromatic rings. The Labute approximate surface area is 155 Å². The molecule has 1 atom stereocenters. The van der Waals surface area contributed by atoms with Gasteiger partial charge in [0.05, 0.1) is 16.9 Å². The SMILES string of the molecule is O=C([O-])[C@H](Cc1ccccc1)N1C(=O)/C(=C\c2ccccc2)SC1=S. The highest BCUT2D eigenvalue weighted by molar-refractivity contribution is 8.26. The highest BCUT2D eigenvalue weighted by Crippen LogP contribution is 2.34. The number of carboxylic acid groups (broad SMARTS) is 1. The van der Waals surface area contributed by atoms with Crippen LogP contribution in [0.4, 0.5) is 0 Å². The molecule has 6 heteroatoms. The first-order valence-electron chi connectivity index (χ1n) is 7.63. The van der Waals surface area contributed by atoms with E-state index >= 15 is 0 Å². The van der Waals surface area contributed by atoms with Crippen molar-refractivity contribution in [3.8, 4) is 0 Å². The van der Waals surface area contributed by atoms with Crippen LogP contribution in [0, 0.1) is 0 Å². The van der Waals surface area contributed by atoms with Crippen LogP contribution in [0.1, 0.15) is 11.1 Å². The fourth-order valence-corrected chi connectivity index (χ4v) is 3.92. The Bertz CT molecular complexity index is 834. The minimum Gasteiger partial charge on any atom is -0.548 e. The molecule has 1 fully saturated rings. The van der Waals surface area contributed by atoms with Gasteiger partial charge in [0, 0.05) is 0 Å². The molecular formula is C19H14NO3S2-. The Hall–Kier alpha value is -2.44. The zero-order valence-corrected chi connectivity index (χ0v) is 14.8. The van der Waals surface area contributed by atoms with E-state index in [9.17, 15) is 14.7 Å². The number of hydrogen-bond donors (Lipinski definition) is 0. The van der Waals surface area contributed by atoms with Crippen LogP contribution >= 0.6 is 24.0 Å². The normalized spacial score (nSPS) is 17.1. The van der Waals surface area contributed by atoms with Gasteiger partial charge in [0.2, 0.25) is 0 Å². The standard InChI is InChI=1S/C19H15NO3S2/c21-17-16(12-14-9-5-2-6-10-14)25-19(24)20(17)15(18(22)23)11-13-7-3-1-4-8-13/h1-10,12,15H,11H2,(H,22,23)/p-1/b16-12+/t15-/m0/s1. The second-order valence-electron chi connectivity index (χ2n) is 5.49. The van der Waals surface area contributed by atoms with Crippen LogP contribution in [0.15, 0.2) is 65.6 Å². The molecule has 0 radical (unpaired) electrons. The summed E-state index contributed by atoms with van der Waals surface area (Å²) in [6, 6.07) is 17.3. The summed E-state index contributed by atoms with van der Waals surface area (Å²) in [4.78, 5) is 25.9. The Morgan fingerprint density at radius 1 is 1.12 bits per heavy atom. The lowest BCUT2D eigenvalue weighted by Crippen LogP contribution is -2.51. The summed E-state index contributed by atoms with van der Waals surface area (Å²) >= 11 is 6.37. The van der Waals surface area contributed by atoms with E-state index < -0.39 is 17.9 Å². The third-order valence-electron chi connectivity index (χ3n) is 3.78. The number of thioether (sulfide) groups is 1. The van der Waals surface area contributed by atoms with Crippen molar-refractivity contribution in [3.05, 3.63) is 76.7 Å². The molecule has 0 N–H and O–H groups in total. The Morgan fingerprint density at radius 2 is 1.72 bits per heavy atom. The molecule has 25 heavy (non-hydrogen) atoms. The minimum absolute atomic E-state index is 0.147. The number of carbonyl (C=O) groups excluding carboxylic acids is 2. The molecule has 0 aromatic heterocycles. The third-order valence-corrected chi connectivity index (χ3v) is 5.11. The van der Waals surface area contributed by atoms with Gasteiger partial charge in [-0.3, -0.25) is 9.69 Å². The van der Waals surface area contributed by atoms with E-state index in [0.717, 1.165) is 27.8 Å².